The van der Waals surface area contributed by atoms with Crippen molar-refractivity contribution in [3.05, 3.63) is 86.5 Å². The highest BCUT2D eigenvalue weighted by molar-refractivity contribution is 6.09. The monoisotopic (exact) mass is 434 g/mol. The van der Waals surface area contributed by atoms with Crippen molar-refractivity contribution in [3.63, 3.8) is 0 Å². The number of furan rings is 1. The second kappa shape index (κ2) is 7.00. The summed E-state index contributed by atoms with van der Waals surface area (Å²) in [7, 11) is 0. The highest BCUT2D eigenvalue weighted by Crippen LogP contribution is 2.45. The van der Waals surface area contributed by atoms with Gasteiger partial charge in [-0.25, -0.2) is 4.79 Å². The molecule has 1 aliphatic heterocycles. The van der Waals surface area contributed by atoms with E-state index in [1.807, 2.05) is 5.32 Å². The number of anilines is 1. The van der Waals surface area contributed by atoms with Crippen LogP contribution in [-0.4, -0.2) is 27.5 Å². The van der Waals surface area contributed by atoms with Crippen LogP contribution in [0.2, 0.25) is 0 Å². The molecule has 2 amide bonds. The molecular weight excluding hydrogens is 421 g/mol. The van der Waals surface area contributed by atoms with Gasteiger partial charge in [-0.2, -0.15) is 13.2 Å². The van der Waals surface area contributed by atoms with Crippen LogP contribution in [-0.2, 0) is 16.9 Å². The highest BCUT2D eigenvalue weighted by Gasteiger charge is 2.68. The van der Waals surface area contributed by atoms with Gasteiger partial charge in [-0.3, -0.25) is 23.9 Å². The molecule has 1 aromatic carbocycles. The zero-order valence-electron chi connectivity index (χ0n) is 15.4. The van der Waals surface area contributed by atoms with E-state index in [1.54, 1.807) is 16.4 Å². The molecule has 0 saturated carbocycles. The molecule has 3 N–H and O–H groups in total. The van der Waals surface area contributed by atoms with Crippen LogP contribution in [0.1, 0.15) is 21.7 Å². The van der Waals surface area contributed by atoms with Gasteiger partial charge < -0.3 is 15.1 Å². The third-order valence-electron chi connectivity index (χ3n) is 4.80. The molecule has 0 unspecified atom stereocenters. The van der Waals surface area contributed by atoms with E-state index >= 15 is 0 Å². The van der Waals surface area contributed by atoms with E-state index < -0.39 is 46.2 Å². The molecular formula is C19H13F3N4O5. The lowest BCUT2D eigenvalue weighted by Crippen LogP contribution is -2.62. The number of rotatable bonds is 4. The number of fused-ring (bicyclic) bond motifs is 1. The molecule has 3 heterocycles. The maximum absolute atomic E-state index is 14.3. The van der Waals surface area contributed by atoms with Crippen LogP contribution in [0.25, 0.3) is 0 Å². The van der Waals surface area contributed by atoms with Crippen molar-refractivity contribution in [2.75, 3.05) is 5.32 Å². The van der Waals surface area contributed by atoms with E-state index in [0.29, 0.717) is 0 Å². The molecule has 0 radical (unpaired) electrons. The van der Waals surface area contributed by atoms with Gasteiger partial charge >= 0.3 is 11.9 Å². The van der Waals surface area contributed by atoms with E-state index in [2.05, 4.69) is 0 Å². The Kier molecular flexibility index (Phi) is 4.56. The van der Waals surface area contributed by atoms with Crippen molar-refractivity contribution in [3.8, 4) is 0 Å². The summed E-state index contributed by atoms with van der Waals surface area (Å²) in [6, 6.07) is 9.83. The van der Waals surface area contributed by atoms with E-state index in [1.165, 1.54) is 42.7 Å². The molecule has 3 aromatic rings. The smallest absolute Gasteiger partial charge is 0.425 e. The normalized spacial score (nSPS) is 17.8. The zero-order chi connectivity index (χ0) is 22.4. The lowest BCUT2D eigenvalue weighted by Gasteiger charge is -2.30. The number of H-pyrrole nitrogens is 1. The summed E-state index contributed by atoms with van der Waals surface area (Å²) in [4.78, 5) is 51.7. The minimum atomic E-state index is -5.41. The maximum atomic E-state index is 14.3. The van der Waals surface area contributed by atoms with Crippen LogP contribution >= 0.6 is 0 Å². The second-order valence-corrected chi connectivity index (χ2v) is 6.67. The van der Waals surface area contributed by atoms with Gasteiger partial charge in [0.25, 0.3) is 22.9 Å². The summed E-state index contributed by atoms with van der Waals surface area (Å²) >= 11 is 0. The number of alkyl halides is 3. The van der Waals surface area contributed by atoms with Gasteiger partial charge in [0.1, 0.15) is 17.1 Å². The van der Waals surface area contributed by atoms with E-state index in [0.717, 1.165) is 4.57 Å². The number of nitrogens with one attached hydrogen (secondary N) is 3. The Morgan fingerprint density at radius 2 is 1.81 bits per heavy atom. The van der Waals surface area contributed by atoms with Gasteiger partial charge in [0.2, 0.25) is 0 Å². The van der Waals surface area contributed by atoms with Crippen molar-refractivity contribution in [2.45, 2.75) is 18.3 Å². The molecule has 0 saturated heterocycles. The van der Waals surface area contributed by atoms with Crippen molar-refractivity contribution in [1.29, 1.82) is 0 Å². The first-order valence-electron chi connectivity index (χ1n) is 8.81. The summed E-state index contributed by atoms with van der Waals surface area (Å²) in [6.07, 6.45) is -4.13. The molecule has 31 heavy (non-hydrogen) atoms. The van der Waals surface area contributed by atoms with Gasteiger partial charge in [0.15, 0.2) is 0 Å². The molecule has 0 spiro atoms. The Morgan fingerprint density at radius 3 is 2.42 bits per heavy atom. The van der Waals surface area contributed by atoms with Crippen LogP contribution in [0.5, 0.6) is 0 Å². The minimum Gasteiger partial charge on any atom is -0.467 e. The summed E-state index contributed by atoms with van der Waals surface area (Å²) < 4.78 is 48.6. The predicted octanol–water partition coefficient (Wildman–Crippen LogP) is 1.32. The average Bonchev–Trinajstić information content (AvgIpc) is 3.32. The minimum absolute atomic E-state index is 0.160. The molecule has 9 nitrogen and oxygen atoms in total. The standard InChI is InChI=1S/C19H13F3N4O5/c20-19(21,22)18(25-14(27)10-5-2-1-3-6-10)12-13(23-16(18)29)26(17(30)24-15(12)28)9-11-7-4-8-31-11/h1-8H,9H2,(H,23,29)(H,25,27)(H,24,28,30)/t18-/m0/s1. The fourth-order valence-corrected chi connectivity index (χ4v) is 3.37. The van der Waals surface area contributed by atoms with Gasteiger partial charge in [0.05, 0.1) is 12.8 Å². The van der Waals surface area contributed by atoms with Crippen molar-refractivity contribution in [2.24, 2.45) is 0 Å². The lowest BCUT2D eigenvalue weighted by atomic mass is 9.91. The zero-order valence-corrected chi connectivity index (χ0v) is 15.4. The summed E-state index contributed by atoms with van der Waals surface area (Å²) in [6.45, 7) is -0.369. The number of amides is 2. The van der Waals surface area contributed by atoms with Crippen LogP contribution in [0.4, 0.5) is 19.0 Å². The molecule has 12 heteroatoms. The van der Waals surface area contributed by atoms with Gasteiger partial charge in [-0.1, -0.05) is 18.2 Å². The molecule has 4 rings (SSSR count). The summed E-state index contributed by atoms with van der Waals surface area (Å²) in [5, 5.41) is 3.61. The number of halogens is 3. The van der Waals surface area contributed by atoms with Gasteiger partial charge in [-0.15, -0.1) is 0 Å². The number of aromatic nitrogens is 2. The SMILES string of the molecule is O=C(N[C@]1(C(F)(F)F)C(=O)Nc2c1c(=O)[nH]c(=O)n2Cc1ccco1)c1ccccc1. The Balaban J connectivity index is 1.92. The van der Waals surface area contributed by atoms with Crippen molar-refractivity contribution >= 4 is 17.6 Å². The fourth-order valence-electron chi connectivity index (χ4n) is 3.37. The Labute approximate surface area is 170 Å². The molecule has 160 valence electrons. The van der Waals surface area contributed by atoms with Crippen molar-refractivity contribution in [1.82, 2.24) is 14.9 Å². The number of hydrogen-bond acceptors (Lipinski definition) is 5. The number of nitrogens with zero attached hydrogens (tertiary/aromatic N) is 1. The average molecular weight is 434 g/mol. The summed E-state index contributed by atoms with van der Waals surface area (Å²) in [5.41, 5.74) is -7.53. The first-order valence-corrected chi connectivity index (χ1v) is 8.81. The molecule has 2 aromatic heterocycles. The number of benzene rings is 1. The number of aromatic amines is 1. The van der Waals surface area contributed by atoms with E-state index in [4.69, 9.17) is 4.42 Å². The number of hydrogen-bond donors (Lipinski definition) is 3. The molecule has 1 atom stereocenters. The third kappa shape index (κ3) is 3.12. The molecule has 0 bridgehead atoms. The van der Waals surface area contributed by atoms with Crippen LogP contribution < -0.4 is 21.9 Å². The predicted molar refractivity (Wildman–Crippen MR) is 99.4 cm³/mol. The van der Waals surface area contributed by atoms with Crippen molar-refractivity contribution < 1.29 is 27.2 Å². The maximum Gasteiger partial charge on any atom is 0.425 e. The quantitative estimate of drug-likeness (QED) is 0.571. The third-order valence-corrected chi connectivity index (χ3v) is 4.80. The van der Waals surface area contributed by atoms with Crippen LogP contribution in [0.15, 0.2) is 62.7 Å². The highest BCUT2D eigenvalue weighted by atomic mass is 19.4. The first-order chi connectivity index (χ1) is 14.6. The number of carbonyl (C=O) groups excluding carboxylic acids is 2. The Hall–Kier alpha value is -4.09. The fraction of sp³-hybridized carbons (Fsp3) is 0.158. The van der Waals surface area contributed by atoms with E-state index in [9.17, 15) is 32.3 Å². The largest absolute Gasteiger partial charge is 0.467 e. The Bertz CT molecular complexity index is 1280. The first kappa shape index (κ1) is 20.2. The second-order valence-electron chi connectivity index (χ2n) is 6.67. The number of carbonyl (C=O) groups is 2. The topological polar surface area (TPSA) is 126 Å². The van der Waals surface area contributed by atoms with Gasteiger partial charge in [0, 0.05) is 5.56 Å². The van der Waals surface area contributed by atoms with Crippen LogP contribution in [0.3, 0.4) is 0 Å². The Morgan fingerprint density at radius 1 is 1.10 bits per heavy atom. The van der Waals surface area contributed by atoms with E-state index in [-0.39, 0.29) is 17.9 Å². The van der Waals surface area contributed by atoms with Gasteiger partial charge in [-0.05, 0) is 24.3 Å². The summed E-state index contributed by atoms with van der Waals surface area (Å²) in [5.74, 6) is -3.45. The molecule has 0 aliphatic carbocycles. The molecule has 1 aliphatic rings. The lowest BCUT2D eigenvalue weighted by molar-refractivity contribution is -0.196. The molecule has 0 fully saturated rings. The van der Waals surface area contributed by atoms with Crippen LogP contribution in [0, 0.1) is 0 Å².